The molecule has 2 aliphatic rings. The van der Waals surface area contributed by atoms with E-state index in [2.05, 4.69) is 45.4 Å². The first-order valence-corrected chi connectivity index (χ1v) is 12.8. The Morgan fingerprint density at radius 3 is 2.56 bits per heavy atom. The molecule has 0 aliphatic carbocycles. The lowest BCUT2D eigenvalue weighted by molar-refractivity contribution is 0.0937. The van der Waals surface area contributed by atoms with E-state index >= 15 is 0 Å². The second kappa shape index (κ2) is 11.2. The van der Waals surface area contributed by atoms with Gasteiger partial charge in [0.05, 0.1) is 13.2 Å². The van der Waals surface area contributed by atoms with E-state index in [1.54, 1.807) is 20.4 Å². The van der Waals surface area contributed by atoms with Crippen molar-refractivity contribution in [3.63, 3.8) is 0 Å². The van der Waals surface area contributed by atoms with Crippen LogP contribution in [0.15, 0.2) is 47.6 Å². The van der Waals surface area contributed by atoms with E-state index in [4.69, 9.17) is 10.5 Å². The molecule has 0 saturated carbocycles. The van der Waals surface area contributed by atoms with Crippen LogP contribution in [0.3, 0.4) is 0 Å². The van der Waals surface area contributed by atoms with Crippen LogP contribution in [0.4, 0.5) is 5.69 Å². The summed E-state index contributed by atoms with van der Waals surface area (Å²) >= 11 is 0. The van der Waals surface area contributed by atoms with Crippen LogP contribution in [0.5, 0.6) is 5.75 Å². The number of fused-ring (bicyclic) bond motifs is 2. The third kappa shape index (κ3) is 5.41. The molecule has 2 aromatic rings. The number of ether oxygens (including phenoxy) is 1. The van der Waals surface area contributed by atoms with Gasteiger partial charge in [-0.2, -0.15) is 0 Å². The number of piperidine rings is 1. The molecular weight excluding hydrogens is 450 g/mol. The molecule has 0 aromatic heterocycles. The Labute approximate surface area is 215 Å². The number of nitrogens with one attached hydrogen (secondary N) is 1. The molecule has 2 aliphatic heterocycles. The van der Waals surface area contributed by atoms with Crippen LogP contribution in [0.2, 0.25) is 0 Å². The lowest BCUT2D eigenvalue weighted by atomic mass is 9.91. The zero-order valence-electron chi connectivity index (χ0n) is 22.1. The topological polar surface area (TPSA) is 83.2 Å². The van der Waals surface area contributed by atoms with Gasteiger partial charge in [-0.05, 0) is 80.8 Å². The molecule has 36 heavy (non-hydrogen) atoms. The number of piperazine rings is 1. The number of rotatable bonds is 7. The molecule has 2 bridgehead atoms. The Kier molecular flexibility index (Phi) is 7.99. The highest BCUT2D eigenvalue weighted by molar-refractivity contribution is 6.09. The van der Waals surface area contributed by atoms with Crippen molar-refractivity contribution in [2.45, 2.75) is 51.2 Å². The number of carbonyl (C=O) groups is 1. The smallest absolute Gasteiger partial charge is 0.252 e. The minimum atomic E-state index is -0.227. The number of nitrogens with zero attached hydrogens (tertiary/aromatic N) is 3. The van der Waals surface area contributed by atoms with Crippen molar-refractivity contribution in [3.05, 3.63) is 64.9 Å². The third-order valence-electron chi connectivity index (χ3n) is 7.71. The van der Waals surface area contributed by atoms with Crippen molar-refractivity contribution in [1.29, 1.82) is 0 Å². The Morgan fingerprint density at radius 2 is 1.92 bits per heavy atom. The molecule has 0 radical (unpaired) electrons. The van der Waals surface area contributed by atoms with Gasteiger partial charge in [0, 0.05) is 61.5 Å². The number of benzene rings is 2. The number of nitrogens with two attached hydrogens (primary N) is 1. The average molecular weight is 490 g/mol. The van der Waals surface area contributed by atoms with Crippen molar-refractivity contribution in [1.82, 2.24) is 10.2 Å². The quantitative estimate of drug-likeness (QED) is 0.571. The maximum Gasteiger partial charge on any atom is 0.252 e. The largest absolute Gasteiger partial charge is 0.497 e. The number of methoxy groups -OCH3 is 1. The fourth-order valence-corrected chi connectivity index (χ4v) is 5.45. The zero-order chi connectivity index (χ0) is 25.8. The predicted molar refractivity (Wildman–Crippen MR) is 148 cm³/mol. The first-order valence-electron chi connectivity index (χ1n) is 12.8. The van der Waals surface area contributed by atoms with Crippen molar-refractivity contribution in [2.24, 2.45) is 10.7 Å². The minimum Gasteiger partial charge on any atom is -0.497 e. The normalized spacial score (nSPS) is 21.5. The number of aryl methyl sites for hydroxylation is 1. The Bertz CT molecular complexity index is 1140. The summed E-state index contributed by atoms with van der Waals surface area (Å²) in [5, 5.41) is 3.19. The van der Waals surface area contributed by atoms with Crippen LogP contribution in [0, 0.1) is 6.92 Å². The van der Waals surface area contributed by atoms with Gasteiger partial charge in [0.2, 0.25) is 0 Å². The van der Waals surface area contributed by atoms with Crippen molar-refractivity contribution in [2.75, 3.05) is 39.2 Å². The van der Waals surface area contributed by atoms with Crippen LogP contribution in [0.25, 0.3) is 5.57 Å². The van der Waals surface area contributed by atoms with E-state index in [-0.39, 0.29) is 11.9 Å². The van der Waals surface area contributed by atoms with Gasteiger partial charge < -0.3 is 20.7 Å². The molecule has 3 unspecified atom stereocenters. The van der Waals surface area contributed by atoms with E-state index in [0.717, 1.165) is 41.0 Å². The van der Waals surface area contributed by atoms with Crippen LogP contribution in [-0.4, -0.2) is 63.4 Å². The van der Waals surface area contributed by atoms with Gasteiger partial charge in [0.1, 0.15) is 5.75 Å². The summed E-state index contributed by atoms with van der Waals surface area (Å²) in [7, 11) is 5.60. The molecule has 3 atom stereocenters. The second-order valence-corrected chi connectivity index (χ2v) is 10.0. The van der Waals surface area contributed by atoms with Gasteiger partial charge in [0.25, 0.3) is 5.91 Å². The highest BCUT2D eigenvalue weighted by Crippen LogP contribution is 2.31. The van der Waals surface area contributed by atoms with Gasteiger partial charge in [-0.1, -0.05) is 12.5 Å². The number of hydrogen-bond acceptors (Lipinski definition) is 6. The van der Waals surface area contributed by atoms with Crippen LogP contribution < -0.4 is 20.7 Å². The molecule has 2 heterocycles. The Hall–Kier alpha value is -3.32. The summed E-state index contributed by atoms with van der Waals surface area (Å²) in [6.07, 6.45) is 7.04. The first-order chi connectivity index (χ1) is 17.3. The fourth-order valence-electron chi connectivity index (χ4n) is 5.45. The molecule has 4 rings (SSSR count). The second-order valence-electron chi connectivity index (χ2n) is 10.0. The molecule has 7 heteroatoms. The third-order valence-corrected chi connectivity index (χ3v) is 7.71. The van der Waals surface area contributed by atoms with E-state index in [1.807, 2.05) is 32.0 Å². The molecule has 2 saturated heterocycles. The molecule has 7 nitrogen and oxygen atoms in total. The summed E-state index contributed by atoms with van der Waals surface area (Å²) < 4.78 is 5.51. The SMILES string of the molecule is CN=C/C(=C\N)c1cc(OC)cc(C(C)NC(=O)c2cc(N3CC4CCCC(C3)N4C)ccc2C)c1. The highest BCUT2D eigenvalue weighted by Gasteiger charge is 2.35. The summed E-state index contributed by atoms with van der Waals surface area (Å²) in [6, 6.07) is 13.1. The molecule has 0 spiro atoms. The van der Waals surface area contributed by atoms with E-state index < -0.39 is 0 Å². The average Bonchev–Trinajstić information content (AvgIpc) is 2.87. The monoisotopic (exact) mass is 489 g/mol. The molecule has 2 fully saturated rings. The molecule has 192 valence electrons. The van der Waals surface area contributed by atoms with Crippen LogP contribution in [-0.2, 0) is 0 Å². The van der Waals surface area contributed by atoms with Crippen molar-refractivity contribution >= 4 is 23.4 Å². The number of amides is 1. The number of likely N-dealkylation sites (N-methyl/N-ethyl adjacent to an activating group) is 1. The number of anilines is 1. The molecule has 2 aromatic carbocycles. The maximum absolute atomic E-state index is 13.4. The maximum atomic E-state index is 13.4. The van der Waals surface area contributed by atoms with Gasteiger partial charge in [-0.25, -0.2) is 0 Å². The Balaban J connectivity index is 1.54. The van der Waals surface area contributed by atoms with E-state index in [9.17, 15) is 4.79 Å². The lowest BCUT2D eigenvalue weighted by Gasteiger charge is -2.49. The standard InChI is InChI=1S/C29H39N5O2/c1-19-9-10-24(34-17-25-7-6-8-26(18-34)33(25)4)14-28(19)29(35)32-20(2)21-11-22(13-27(12-21)36-5)23(15-30)16-31-3/h9-16,20,25-26H,6-8,17-18,30H2,1-5H3,(H,32,35)/b23-15+,31-16?. The summed E-state index contributed by atoms with van der Waals surface area (Å²) in [6.45, 7) is 6.00. The summed E-state index contributed by atoms with van der Waals surface area (Å²) in [5.74, 6) is 0.622. The van der Waals surface area contributed by atoms with Gasteiger partial charge >= 0.3 is 0 Å². The molecular formula is C29H39N5O2. The van der Waals surface area contributed by atoms with E-state index in [0.29, 0.717) is 23.4 Å². The summed E-state index contributed by atoms with van der Waals surface area (Å²) in [4.78, 5) is 22.5. The number of allylic oxidation sites excluding steroid dienone is 1. The minimum absolute atomic E-state index is 0.0785. The molecule has 1 amide bonds. The lowest BCUT2D eigenvalue weighted by Crippen LogP contribution is -2.59. The number of hydrogen-bond donors (Lipinski definition) is 2. The Morgan fingerprint density at radius 1 is 1.19 bits per heavy atom. The first kappa shape index (κ1) is 25.8. The molecule has 3 N–H and O–H groups in total. The number of carbonyl (C=O) groups excluding carboxylic acids is 1. The van der Waals surface area contributed by atoms with E-state index in [1.165, 1.54) is 25.5 Å². The van der Waals surface area contributed by atoms with Gasteiger partial charge in [-0.15, -0.1) is 0 Å². The van der Waals surface area contributed by atoms with Crippen molar-refractivity contribution < 1.29 is 9.53 Å². The van der Waals surface area contributed by atoms with Gasteiger partial charge in [0.15, 0.2) is 0 Å². The highest BCUT2D eigenvalue weighted by atomic mass is 16.5. The predicted octanol–water partition coefficient (Wildman–Crippen LogP) is 4.17. The van der Waals surface area contributed by atoms with Crippen molar-refractivity contribution in [3.8, 4) is 5.75 Å². The zero-order valence-corrected chi connectivity index (χ0v) is 22.1. The summed E-state index contributed by atoms with van der Waals surface area (Å²) in [5.41, 5.74) is 11.2. The number of aliphatic imine (C=N–C) groups is 1. The fraction of sp³-hybridized carbons (Fsp3) is 0.448. The van der Waals surface area contributed by atoms with Crippen LogP contribution in [0.1, 0.15) is 59.3 Å². The van der Waals surface area contributed by atoms with Crippen LogP contribution >= 0.6 is 0 Å². The van der Waals surface area contributed by atoms with Gasteiger partial charge in [-0.3, -0.25) is 14.7 Å².